The van der Waals surface area contributed by atoms with Gasteiger partial charge in [0.15, 0.2) is 0 Å². The third kappa shape index (κ3) is 4.29. The summed E-state index contributed by atoms with van der Waals surface area (Å²) in [5.41, 5.74) is 0. The molecule has 1 unspecified atom stereocenters. The standard InChI is InChI=1S/C10H18N2O3/c1-12(6-4-10(14)15)8-3-2-5-11-9(13)7-8/h8H,2-7H2,1H3,(H,11,13)(H,14,15). The van der Waals surface area contributed by atoms with Gasteiger partial charge in [-0.15, -0.1) is 0 Å². The van der Waals surface area contributed by atoms with Gasteiger partial charge >= 0.3 is 5.97 Å². The van der Waals surface area contributed by atoms with Crippen molar-refractivity contribution < 1.29 is 14.7 Å². The van der Waals surface area contributed by atoms with Crippen molar-refractivity contribution in [1.29, 1.82) is 0 Å². The van der Waals surface area contributed by atoms with Gasteiger partial charge in [0.05, 0.1) is 6.42 Å². The van der Waals surface area contributed by atoms with Crippen LogP contribution in [0.2, 0.25) is 0 Å². The summed E-state index contributed by atoms with van der Waals surface area (Å²) in [4.78, 5) is 23.7. The van der Waals surface area contributed by atoms with E-state index in [0.717, 1.165) is 19.4 Å². The summed E-state index contributed by atoms with van der Waals surface area (Å²) >= 11 is 0. The Morgan fingerprint density at radius 3 is 3.07 bits per heavy atom. The number of rotatable bonds is 4. The van der Waals surface area contributed by atoms with Crippen LogP contribution in [0.5, 0.6) is 0 Å². The third-order valence-electron chi connectivity index (χ3n) is 2.76. The molecule has 2 N–H and O–H groups in total. The highest BCUT2D eigenvalue weighted by molar-refractivity contribution is 5.76. The van der Waals surface area contributed by atoms with E-state index in [-0.39, 0.29) is 18.4 Å². The van der Waals surface area contributed by atoms with E-state index in [1.807, 2.05) is 11.9 Å². The van der Waals surface area contributed by atoms with E-state index >= 15 is 0 Å². The lowest BCUT2D eigenvalue weighted by Crippen LogP contribution is -2.35. The van der Waals surface area contributed by atoms with Gasteiger partial charge in [0, 0.05) is 25.6 Å². The van der Waals surface area contributed by atoms with E-state index in [1.54, 1.807) is 0 Å². The molecule has 5 nitrogen and oxygen atoms in total. The average molecular weight is 214 g/mol. The molecule has 0 saturated carbocycles. The molecule has 5 heteroatoms. The fourth-order valence-electron chi connectivity index (χ4n) is 1.78. The maximum Gasteiger partial charge on any atom is 0.304 e. The molecule has 86 valence electrons. The minimum absolute atomic E-state index is 0.0691. The predicted molar refractivity (Wildman–Crippen MR) is 55.5 cm³/mol. The lowest BCUT2D eigenvalue weighted by Gasteiger charge is -2.25. The summed E-state index contributed by atoms with van der Waals surface area (Å²) in [6.07, 6.45) is 2.54. The number of carbonyl (C=O) groups is 2. The van der Waals surface area contributed by atoms with Crippen LogP contribution in [0.3, 0.4) is 0 Å². The van der Waals surface area contributed by atoms with Gasteiger partial charge in [-0.3, -0.25) is 9.59 Å². The molecule has 15 heavy (non-hydrogen) atoms. The Bertz CT molecular complexity index is 243. The quantitative estimate of drug-likeness (QED) is 0.694. The van der Waals surface area contributed by atoms with Crippen LogP contribution >= 0.6 is 0 Å². The van der Waals surface area contributed by atoms with Crippen molar-refractivity contribution in [2.45, 2.75) is 31.7 Å². The lowest BCUT2D eigenvalue weighted by atomic mass is 10.1. The van der Waals surface area contributed by atoms with Crippen LogP contribution in [0.15, 0.2) is 0 Å². The Kier molecular flexibility index (Phi) is 4.55. The molecule has 1 heterocycles. The molecule has 1 saturated heterocycles. The van der Waals surface area contributed by atoms with Crippen LogP contribution in [-0.2, 0) is 9.59 Å². The molecular weight excluding hydrogens is 196 g/mol. The van der Waals surface area contributed by atoms with Crippen molar-refractivity contribution >= 4 is 11.9 Å². The first kappa shape index (κ1) is 12.0. The van der Waals surface area contributed by atoms with Crippen molar-refractivity contribution in [1.82, 2.24) is 10.2 Å². The van der Waals surface area contributed by atoms with Crippen molar-refractivity contribution in [3.8, 4) is 0 Å². The SMILES string of the molecule is CN(CCC(=O)O)C1CCCNC(=O)C1. The Hall–Kier alpha value is -1.10. The number of hydrogen-bond donors (Lipinski definition) is 2. The van der Waals surface area contributed by atoms with E-state index in [2.05, 4.69) is 5.32 Å². The second-order valence-electron chi connectivity index (χ2n) is 3.97. The molecule has 0 spiro atoms. The summed E-state index contributed by atoms with van der Waals surface area (Å²) in [5.74, 6) is -0.723. The summed E-state index contributed by atoms with van der Waals surface area (Å²) in [7, 11) is 1.88. The zero-order valence-electron chi connectivity index (χ0n) is 9.03. The van der Waals surface area contributed by atoms with E-state index < -0.39 is 5.97 Å². The largest absolute Gasteiger partial charge is 0.481 e. The van der Waals surface area contributed by atoms with E-state index in [9.17, 15) is 9.59 Å². The zero-order chi connectivity index (χ0) is 11.3. The first-order chi connectivity index (χ1) is 7.09. The average Bonchev–Trinajstić information content (AvgIpc) is 2.39. The van der Waals surface area contributed by atoms with Crippen molar-refractivity contribution in [2.75, 3.05) is 20.1 Å². The molecule has 1 rings (SSSR count). The zero-order valence-corrected chi connectivity index (χ0v) is 9.03. The number of nitrogens with one attached hydrogen (secondary N) is 1. The van der Waals surface area contributed by atoms with Crippen LogP contribution in [-0.4, -0.2) is 48.1 Å². The van der Waals surface area contributed by atoms with Gasteiger partial charge in [-0.2, -0.15) is 0 Å². The molecule has 1 fully saturated rings. The van der Waals surface area contributed by atoms with Crippen LogP contribution in [0.4, 0.5) is 0 Å². The summed E-state index contributed by atoms with van der Waals surface area (Å²) in [6.45, 7) is 1.25. The van der Waals surface area contributed by atoms with Gasteiger partial charge in [0.2, 0.25) is 5.91 Å². The van der Waals surface area contributed by atoms with E-state index in [0.29, 0.717) is 13.0 Å². The number of hydrogen-bond acceptors (Lipinski definition) is 3. The molecule has 0 aromatic rings. The van der Waals surface area contributed by atoms with Crippen LogP contribution < -0.4 is 5.32 Å². The summed E-state index contributed by atoms with van der Waals surface area (Å²) < 4.78 is 0. The predicted octanol–water partition coefficient (Wildman–Crippen LogP) is 0.0616. The summed E-state index contributed by atoms with van der Waals surface area (Å²) in [5, 5.41) is 11.4. The monoisotopic (exact) mass is 214 g/mol. The Labute approximate surface area is 89.4 Å². The molecule has 0 aromatic heterocycles. The lowest BCUT2D eigenvalue weighted by molar-refractivity contribution is -0.137. The molecule has 1 atom stereocenters. The van der Waals surface area contributed by atoms with Crippen molar-refractivity contribution in [3.63, 3.8) is 0 Å². The highest BCUT2D eigenvalue weighted by atomic mass is 16.4. The molecule has 1 aliphatic rings. The smallest absolute Gasteiger partial charge is 0.304 e. The van der Waals surface area contributed by atoms with E-state index in [4.69, 9.17) is 5.11 Å². The first-order valence-corrected chi connectivity index (χ1v) is 5.28. The Morgan fingerprint density at radius 2 is 2.40 bits per heavy atom. The molecule has 0 bridgehead atoms. The maximum atomic E-state index is 11.3. The highest BCUT2D eigenvalue weighted by Crippen LogP contribution is 2.12. The normalized spacial score (nSPS) is 22.3. The minimum Gasteiger partial charge on any atom is -0.481 e. The highest BCUT2D eigenvalue weighted by Gasteiger charge is 2.21. The van der Waals surface area contributed by atoms with Gasteiger partial charge in [-0.1, -0.05) is 0 Å². The molecule has 0 aromatic carbocycles. The van der Waals surface area contributed by atoms with Gasteiger partial charge in [-0.25, -0.2) is 0 Å². The van der Waals surface area contributed by atoms with Gasteiger partial charge in [0.1, 0.15) is 0 Å². The van der Waals surface area contributed by atoms with Crippen LogP contribution in [0.25, 0.3) is 0 Å². The number of nitrogens with zero attached hydrogens (tertiary/aromatic N) is 1. The van der Waals surface area contributed by atoms with E-state index in [1.165, 1.54) is 0 Å². The minimum atomic E-state index is -0.792. The molecule has 0 aliphatic carbocycles. The van der Waals surface area contributed by atoms with Gasteiger partial charge < -0.3 is 15.3 Å². The second-order valence-corrected chi connectivity index (χ2v) is 3.97. The van der Waals surface area contributed by atoms with Crippen molar-refractivity contribution in [2.24, 2.45) is 0 Å². The molecule has 1 amide bonds. The fraction of sp³-hybridized carbons (Fsp3) is 0.800. The number of carboxylic acids is 1. The maximum absolute atomic E-state index is 11.3. The molecule has 0 radical (unpaired) electrons. The first-order valence-electron chi connectivity index (χ1n) is 5.28. The number of aliphatic carboxylic acids is 1. The summed E-state index contributed by atoms with van der Waals surface area (Å²) in [6, 6.07) is 0.187. The fourth-order valence-corrected chi connectivity index (χ4v) is 1.78. The number of carboxylic acid groups (broad SMARTS) is 1. The number of carbonyl (C=O) groups excluding carboxylic acids is 1. The molecule has 1 aliphatic heterocycles. The van der Waals surface area contributed by atoms with Gasteiger partial charge in [-0.05, 0) is 19.9 Å². The number of amides is 1. The van der Waals surface area contributed by atoms with Crippen LogP contribution in [0.1, 0.15) is 25.7 Å². The Morgan fingerprint density at radius 1 is 1.67 bits per heavy atom. The van der Waals surface area contributed by atoms with Gasteiger partial charge in [0.25, 0.3) is 0 Å². The van der Waals surface area contributed by atoms with Crippen molar-refractivity contribution in [3.05, 3.63) is 0 Å². The molecular formula is C10H18N2O3. The Balaban J connectivity index is 2.39. The second kappa shape index (κ2) is 5.70. The van der Waals surface area contributed by atoms with Crippen LogP contribution in [0, 0.1) is 0 Å². The third-order valence-corrected chi connectivity index (χ3v) is 2.76. The topological polar surface area (TPSA) is 69.6 Å².